The highest BCUT2D eigenvalue weighted by Crippen LogP contribution is 2.33. The maximum atomic E-state index is 11.6. The van der Waals surface area contributed by atoms with Crippen molar-refractivity contribution in [3.63, 3.8) is 0 Å². The lowest BCUT2D eigenvalue weighted by molar-refractivity contribution is -0.0154. The lowest BCUT2D eigenvalue weighted by Gasteiger charge is -2.31. The fourth-order valence-corrected chi connectivity index (χ4v) is 2.78. The first-order valence-electron chi connectivity index (χ1n) is 5.93. The third-order valence-corrected chi connectivity index (χ3v) is 4.23. The van der Waals surface area contributed by atoms with Crippen LogP contribution in [0.25, 0.3) is 0 Å². The molecule has 0 aliphatic rings. The van der Waals surface area contributed by atoms with Crippen LogP contribution in [-0.2, 0) is 24.9 Å². The van der Waals surface area contributed by atoms with Crippen molar-refractivity contribution in [3.05, 3.63) is 5.82 Å². The summed E-state index contributed by atoms with van der Waals surface area (Å²) in [6.45, 7) is 9.34. The molecule has 6 nitrogen and oxygen atoms in total. The van der Waals surface area contributed by atoms with Crippen molar-refractivity contribution >= 4 is 19.7 Å². The van der Waals surface area contributed by atoms with Crippen LogP contribution < -0.4 is 0 Å². The van der Waals surface area contributed by atoms with Gasteiger partial charge in [-0.15, -0.1) is 10.2 Å². The van der Waals surface area contributed by atoms with E-state index in [1.165, 1.54) is 4.57 Å². The molecule has 1 heterocycles. The predicted molar refractivity (Wildman–Crippen MR) is 72.7 cm³/mol. The van der Waals surface area contributed by atoms with Crippen LogP contribution in [0, 0.1) is 0 Å². The van der Waals surface area contributed by atoms with E-state index in [4.69, 9.17) is 15.4 Å². The van der Waals surface area contributed by atoms with Gasteiger partial charge in [0.05, 0.1) is 0 Å². The van der Waals surface area contributed by atoms with Gasteiger partial charge in [0.15, 0.2) is 5.82 Å². The zero-order valence-electron chi connectivity index (χ0n) is 12.1. The molecule has 0 saturated heterocycles. The lowest BCUT2D eigenvalue weighted by Crippen LogP contribution is -2.35. The molecule has 0 aliphatic carbocycles. The van der Waals surface area contributed by atoms with Crippen LogP contribution in [0.1, 0.15) is 46.9 Å². The molecule has 1 aromatic heterocycles. The quantitative estimate of drug-likeness (QED) is 0.797. The summed E-state index contributed by atoms with van der Waals surface area (Å²) in [7, 11) is 3.02. The topological polar surface area (TPSA) is 74.1 Å². The second-order valence-electron chi connectivity index (χ2n) is 5.54. The smallest absolute Gasteiger partial charge is 0.296 e. The molecule has 1 aromatic rings. The Kier molecular flexibility index (Phi) is 4.34. The molecule has 19 heavy (non-hydrogen) atoms. The highest BCUT2D eigenvalue weighted by atomic mass is 35.7. The summed E-state index contributed by atoms with van der Waals surface area (Å²) in [5.41, 5.74) is -1.26. The Bertz CT molecular complexity index is 556. The van der Waals surface area contributed by atoms with E-state index in [0.29, 0.717) is 12.2 Å². The molecule has 0 bridgehead atoms. The normalized spacial score (nSPS) is 16.4. The van der Waals surface area contributed by atoms with E-state index in [1.807, 2.05) is 34.6 Å². The van der Waals surface area contributed by atoms with Crippen molar-refractivity contribution in [2.24, 2.45) is 0 Å². The molecule has 0 aromatic carbocycles. The van der Waals surface area contributed by atoms with Gasteiger partial charge in [-0.05, 0) is 34.1 Å². The Morgan fingerprint density at radius 2 is 1.79 bits per heavy atom. The summed E-state index contributed by atoms with van der Waals surface area (Å²) in [6, 6.07) is 0. The Labute approximate surface area is 118 Å². The molecule has 0 amide bonds. The van der Waals surface area contributed by atoms with Gasteiger partial charge in [0.1, 0.15) is 5.60 Å². The summed E-state index contributed by atoms with van der Waals surface area (Å²) in [4.78, 5) is 0. The molecule has 1 rings (SSSR count). The average Bonchev–Trinajstić information content (AvgIpc) is 2.72. The van der Waals surface area contributed by atoms with E-state index in [-0.39, 0.29) is 5.16 Å². The maximum absolute atomic E-state index is 11.6. The van der Waals surface area contributed by atoms with Gasteiger partial charge in [-0.3, -0.25) is 4.57 Å². The molecule has 1 atom stereocenters. The summed E-state index contributed by atoms with van der Waals surface area (Å²) in [5, 5.41) is 7.46. The fraction of sp³-hybridized carbons (Fsp3) is 0.818. The lowest BCUT2D eigenvalue weighted by atomic mass is 10.00. The van der Waals surface area contributed by atoms with E-state index in [1.54, 1.807) is 7.11 Å². The van der Waals surface area contributed by atoms with Crippen LogP contribution in [0.3, 0.4) is 0 Å². The van der Waals surface area contributed by atoms with Crippen molar-refractivity contribution < 1.29 is 13.2 Å². The average molecular weight is 310 g/mol. The second-order valence-corrected chi connectivity index (χ2v) is 8.00. The molecule has 0 fully saturated rings. The van der Waals surface area contributed by atoms with Crippen molar-refractivity contribution in [1.29, 1.82) is 0 Å². The zero-order chi connectivity index (χ0) is 15.1. The van der Waals surface area contributed by atoms with Gasteiger partial charge in [-0.25, -0.2) is 8.42 Å². The third kappa shape index (κ3) is 3.09. The Morgan fingerprint density at radius 3 is 2.11 bits per heavy atom. The monoisotopic (exact) mass is 309 g/mol. The molecular weight excluding hydrogens is 290 g/mol. The molecule has 110 valence electrons. The SMILES string of the molecule is CCC(C)(OC)c1nnc(S(=O)(=O)Cl)n1C(C)(C)C. The Morgan fingerprint density at radius 1 is 1.26 bits per heavy atom. The van der Waals surface area contributed by atoms with Gasteiger partial charge in [0.25, 0.3) is 14.2 Å². The molecule has 1 unspecified atom stereocenters. The highest BCUT2D eigenvalue weighted by molar-refractivity contribution is 8.13. The van der Waals surface area contributed by atoms with E-state index in [0.717, 1.165) is 0 Å². The number of hydrogen-bond acceptors (Lipinski definition) is 5. The van der Waals surface area contributed by atoms with E-state index in [9.17, 15) is 8.42 Å². The van der Waals surface area contributed by atoms with Crippen LogP contribution in [0.5, 0.6) is 0 Å². The molecular formula is C11H20ClN3O3S. The number of halogens is 1. The van der Waals surface area contributed by atoms with Gasteiger partial charge in [0, 0.05) is 23.3 Å². The van der Waals surface area contributed by atoms with Crippen molar-refractivity contribution in [2.45, 2.75) is 57.3 Å². The minimum Gasteiger partial charge on any atom is -0.371 e. The first-order valence-corrected chi connectivity index (χ1v) is 8.24. The largest absolute Gasteiger partial charge is 0.371 e. The summed E-state index contributed by atoms with van der Waals surface area (Å²) < 4.78 is 30.2. The zero-order valence-corrected chi connectivity index (χ0v) is 13.6. The molecule has 0 aliphatic heterocycles. The van der Waals surface area contributed by atoms with E-state index in [2.05, 4.69) is 10.2 Å². The van der Waals surface area contributed by atoms with Crippen molar-refractivity contribution in [2.75, 3.05) is 7.11 Å². The standard InChI is InChI=1S/C11H20ClN3O3S/c1-7-11(5,18-6)8-13-14-9(19(12,16)17)15(8)10(2,3)4/h7H2,1-6H3. The number of methoxy groups -OCH3 is 1. The Balaban J connectivity index is 3.66. The van der Waals surface area contributed by atoms with Crippen LogP contribution in [0.4, 0.5) is 0 Å². The van der Waals surface area contributed by atoms with Crippen molar-refractivity contribution in [1.82, 2.24) is 14.8 Å². The fourth-order valence-electron chi connectivity index (χ4n) is 1.77. The Hall–Kier alpha value is -0.660. The number of ether oxygens (including phenoxy) is 1. The van der Waals surface area contributed by atoms with Gasteiger partial charge in [-0.2, -0.15) is 0 Å². The predicted octanol–water partition coefficient (Wildman–Crippen LogP) is 2.23. The highest BCUT2D eigenvalue weighted by Gasteiger charge is 2.38. The van der Waals surface area contributed by atoms with Gasteiger partial charge >= 0.3 is 0 Å². The minimum atomic E-state index is -3.97. The molecule has 8 heteroatoms. The van der Waals surface area contributed by atoms with Crippen LogP contribution in [0.15, 0.2) is 5.16 Å². The van der Waals surface area contributed by atoms with E-state index < -0.39 is 20.2 Å². The molecule has 0 N–H and O–H groups in total. The summed E-state index contributed by atoms with van der Waals surface area (Å²) in [5.74, 6) is 0.448. The second kappa shape index (κ2) is 5.03. The summed E-state index contributed by atoms with van der Waals surface area (Å²) >= 11 is 0. The van der Waals surface area contributed by atoms with Crippen LogP contribution in [0.2, 0.25) is 0 Å². The minimum absolute atomic E-state index is 0.256. The van der Waals surface area contributed by atoms with Gasteiger partial charge in [0.2, 0.25) is 0 Å². The summed E-state index contributed by atoms with van der Waals surface area (Å²) in [6.07, 6.45) is 0.625. The van der Waals surface area contributed by atoms with E-state index >= 15 is 0 Å². The van der Waals surface area contributed by atoms with Crippen LogP contribution >= 0.6 is 10.7 Å². The molecule has 0 spiro atoms. The number of nitrogens with zero attached hydrogens (tertiary/aromatic N) is 3. The third-order valence-electron chi connectivity index (χ3n) is 3.12. The maximum Gasteiger partial charge on any atom is 0.296 e. The van der Waals surface area contributed by atoms with Gasteiger partial charge in [-0.1, -0.05) is 6.92 Å². The van der Waals surface area contributed by atoms with Gasteiger partial charge < -0.3 is 4.74 Å². The molecule has 0 saturated carbocycles. The first-order chi connectivity index (χ1) is 8.47. The number of aromatic nitrogens is 3. The number of rotatable bonds is 4. The van der Waals surface area contributed by atoms with Crippen LogP contribution in [-0.4, -0.2) is 30.3 Å². The van der Waals surface area contributed by atoms with Crippen molar-refractivity contribution in [3.8, 4) is 0 Å². The first kappa shape index (κ1) is 16.4. The number of hydrogen-bond donors (Lipinski definition) is 0. The molecule has 0 radical (unpaired) electrons.